The number of benzene rings is 1. The van der Waals surface area contributed by atoms with Crippen LogP contribution in [0.2, 0.25) is 0 Å². The van der Waals surface area contributed by atoms with Crippen molar-refractivity contribution < 1.29 is 13.9 Å². The van der Waals surface area contributed by atoms with E-state index in [0.29, 0.717) is 30.2 Å². The van der Waals surface area contributed by atoms with Crippen molar-refractivity contribution in [1.82, 2.24) is 19.7 Å². The Balaban J connectivity index is 1.33. The van der Waals surface area contributed by atoms with Crippen LogP contribution in [0.15, 0.2) is 53.1 Å². The number of amides is 1. The molecule has 0 unspecified atom stereocenters. The van der Waals surface area contributed by atoms with Gasteiger partial charge in [0, 0.05) is 37.8 Å². The lowest BCUT2D eigenvalue weighted by Crippen LogP contribution is -2.49. The maximum absolute atomic E-state index is 13.1. The monoisotopic (exact) mass is 431 g/mol. The second kappa shape index (κ2) is 8.03. The zero-order valence-electron chi connectivity index (χ0n) is 18.4. The number of methoxy groups -OCH3 is 1. The van der Waals surface area contributed by atoms with E-state index in [1.807, 2.05) is 52.9 Å². The number of para-hydroxylation sites is 1. The molecule has 8 heteroatoms. The Morgan fingerprint density at radius 1 is 1.06 bits per heavy atom. The molecule has 1 aromatic carbocycles. The van der Waals surface area contributed by atoms with Crippen LogP contribution in [0.1, 0.15) is 21.9 Å². The van der Waals surface area contributed by atoms with Crippen LogP contribution in [0.4, 0.5) is 5.69 Å². The van der Waals surface area contributed by atoms with E-state index in [-0.39, 0.29) is 5.91 Å². The summed E-state index contributed by atoms with van der Waals surface area (Å²) < 4.78 is 13.1. The molecule has 0 atom stereocenters. The number of hydrogen-bond donors (Lipinski definition) is 0. The Kier molecular flexibility index (Phi) is 5.05. The molecule has 0 saturated carbocycles. The molecule has 0 spiro atoms. The SMILES string of the molecule is COc1cccc2cc(C(=O)N3CCN(c4c(C)nn(-c5ccccn5)c4C)CC3)oc12. The third-order valence-corrected chi connectivity index (χ3v) is 5.94. The maximum atomic E-state index is 13.1. The highest BCUT2D eigenvalue weighted by atomic mass is 16.5. The van der Waals surface area contributed by atoms with E-state index in [2.05, 4.69) is 16.8 Å². The van der Waals surface area contributed by atoms with Gasteiger partial charge in [-0.2, -0.15) is 5.10 Å². The standard InChI is InChI=1S/C24H25N5O3/c1-16-22(17(2)29(26-16)21-9-4-5-10-25-21)27-11-13-28(14-12-27)24(30)20-15-18-7-6-8-19(31-3)23(18)32-20/h4-10,15H,11-14H2,1-3H3. The molecule has 1 aliphatic rings. The first-order valence-electron chi connectivity index (χ1n) is 10.6. The highest BCUT2D eigenvalue weighted by Gasteiger charge is 2.28. The molecule has 4 heterocycles. The summed E-state index contributed by atoms with van der Waals surface area (Å²) in [5.74, 6) is 1.67. The summed E-state index contributed by atoms with van der Waals surface area (Å²) in [4.78, 5) is 21.6. The Morgan fingerprint density at radius 2 is 1.88 bits per heavy atom. The summed E-state index contributed by atoms with van der Waals surface area (Å²) in [5.41, 5.74) is 3.71. The van der Waals surface area contributed by atoms with Crippen LogP contribution < -0.4 is 9.64 Å². The third kappa shape index (κ3) is 3.37. The maximum Gasteiger partial charge on any atom is 0.289 e. The second-order valence-electron chi connectivity index (χ2n) is 7.89. The van der Waals surface area contributed by atoms with Crippen LogP contribution in [0.5, 0.6) is 5.75 Å². The van der Waals surface area contributed by atoms with E-state index >= 15 is 0 Å². The highest BCUT2D eigenvalue weighted by molar-refractivity contribution is 5.97. The Hall–Kier alpha value is -3.81. The number of hydrogen-bond acceptors (Lipinski definition) is 6. The van der Waals surface area contributed by atoms with Crippen LogP contribution in [0.3, 0.4) is 0 Å². The molecule has 32 heavy (non-hydrogen) atoms. The lowest BCUT2D eigenvalue weighted by atomic mass is 10.2. The smallest absolute Gasteiger partial charge is 0.289 e. The number of piperazine rings is 1. The van der Waals surface area contributed by atoms with Crippen molar-refractivity contribution in [2.24, 2.45) is 0 Å². The summed E-state index contributed by atoms with van der Waals surface area (Å²) in [6.07, 6.45) is 1.77. The van der Waals surface area contributed by atoms with Gasteiger partial charge in [0.05, 0.1) is 24.2 Å². The number of carbonyl (C=O) groups excluding carboxylic acids is 1. The molecule has 5 rings (SSSR count). The molecular formula is C24H25N5O3. The first kappa shape index (κ1) is 20.1. The summed E-state index contributed by atoms with van der Waals surface area (Å²) in [6.45, 7) is 6.75. The zero-order valence-corrected chi connectivity index (χ0v) is 18.4. The number of nitrogens with zero attached hydrogens (tertiary/aromatic N) is 5. The summed E-state index contributed by atoms with van der Waals surface area (Å²) in [6, 6.07) is 13.2. The van der Waals surface area contributed by atoms with E-state index in [0.717, 1.165) is 41.4 Å². The molecule has 0 bridgehead atoms. The number of carbonyl (C=O) groups is 1. The Bertz CT molecular complexity index is 1270. The molecule has 4 aromatic rings. The minimum Gasteiger partial charge on any atom is -0.493 e. The van der Waals surface area contributed by atoms with Crippen molar-refractivity contribution >= 4 is 22.6 Å². The lowest BCUT2D eigenvalue weighted by molar-refractivity contribution is 0.0717. The highest BCUT2D eigenvalue weighted by Crippen LogP contribution is 2.30. The number of fused-ring (bicyclic) bond motifs is 1. The van der Waals surface area contributed by atoms with Crippen LogP contribution >= 0.6 is 0 Å². The fourth-order valence-electron chi connectivity index (χ4n) is 4.39. The van der Waals surface area contributed by atoms with Gasteiger partial charge in [0.25, 0.3) is 5.91 Å². The van der Waals surface area contributed by atoms with Crippen LogP contribution in [-0.2, 0) is 0 Å². The topological polar surface area (TPSA) is 76.6 Å². The predicted molar refractivity (Wildman–Crippen MR) is 122 cm³/mol. The Labute approximate surface area is 186 Å². The molecule has 0 N–H and O–H groups in total. The molecule has 0 radical (unpaired) electrons. The van der Waals surface area contributed by atoms with Crippen molar-refractivity contribution in [3.63, 3.8) is 0 Å². The summed E-state index contributed by atoms with van der Waals surface area (Å²) in [5, 5.41) is 5.56. The van der Waals surface area contributed by atoms with Gasteiger partial charge in [-0.1, -0.05) is 18.2 Å². The zero-order chi connectivity index (χ0) is 22.2. The molecule has 1 saturated heterocycles. The average Bonchev–Trinajstić information content (AvgIpc) is 3.40. The van der Waals surface area contributed by atoms with Crippen molar-refractivity contribution in [2.45, 2.75) is 13.8 Å². The first-order valence-corrected chi connectivity index (χ1v) is 10.6. The van der Waals surface area contributed by atoms with E-state index in [1.54, 1.807) is 19.4 Å². The van der Waals surface area contributed by atoms with Gasteiger partial charge in [-0.3, -0.25) is 4.79 Å². The van der Waals surface area contributed by atoms with E-state index < -0.39 is 0 Å². The van der Waals surface area contributed by atoms with E-state index in [9.17, 15) is 4.79 Å². The molecule has 3 aromatic heterocycles. The number of rotatable bonds is 4. The minimum atomic E-state index is -0.0967. The number of pyridine rings is 1. The molecule has 1 aliphatic heterocycles. The molecule has 1 amide bonds. The normalized spacial score (nSPS) is 14.2. The van der Waals surface area contributed by atoms with Crippen LogP contribution in [0, 0.1) is 13.8 Å². The van der Waals surface area contributed by atoms with Gasteiger partial charge < -0.3 is 19.0 Å². The first-order chi connectivity index (χ1) is 15.6. The van der Waals surface area contributed by atoms with E-state index in [1.165, 1.54) is 0 Å². The second-order valence-corrected chi connectivity index (χ2v) is 7.89. The van der Waals surface area contributed by atoms with Gasteiger partial charge in [0.15, 0.2) is 22.9 Å². The number of aryl methyl sites for hydroxylation is 1. The average molecular weight is 431 g/mol. The Morgan fingerprint density at radius 3 is 2.59 bits per heavy atom. The number of ether oxygens (including phenoxy) is 1. The molecule has 0 aliphatic carbocycles. The van der Waals surface area contributed by atoms with Crippen molar-refractivity contribution in [3.8, 4) is 11.6 Å². The predicted octanol–water partition coefficient (Wildman–Crippen LogP) is 3.60. The summed E-state index contributed by atoms with van der Waals surface area (Å²) >= 11 is 0. The summed E-state index contributed by atoms with van der Waals surface area (Å²) in [7, 11) is 1.60. The van der Waals surface area contributed by atoms with Gasteiger partial charge in [-0.05, 0) is 38.1 Å². The third-order valence-electron chi connectivity index (χ3n) is 5.94. The van der Waals surface area contributed by atoms with Gasteiger partial charge in [0.1, 0.15) is 0 Å². The van der Waals surface area contributed by atoms with Gasteiger partial charge in [-0.15, -0.1) is 0 Å². The number of aromatic nitrogens is 3. The molecule has 8 nitrogen and oxygen atoms in total. The van der Waals surface area contributed by atoms with E-state index in [4.69, 9.17) is 14.3 Å². The van der Waals surface area contributed by atoms with Gasteiger partial charge in [-0.25, -0.2) is 9.67 Å². The lowest BCUT2D eigenvalue weighted by Gasteiger charge is -2.35. The fraction of sp³-hybridized carbons (Fsp3) is 0.292. The van der Waals surface area contributed by atoms with Gasteiger partial charge in [0.2, 0.25) is 0 Å². The van der Waals surface area contributed by atoms with Crippen LogP contribution in [-0.4, -0.2) is 58.9 Å². The number of furan rings is 1. The minimum absolute atomic E-state index is 0.0967. The van der Waals surface area contributed by atoms with Crippen molar-refractivity contribution in [2.75, 3.05) is 38.2 Å². The van der Waals surface area contributed by atoms with Crippen molar-refractivity contribution in [1.29, 1.82) is 0 Å². The molecule has 164 valence electrons. The quantitative estimate of drug-likeness (QED) is 0.491. The van der Waals surface area contributed by atoms with Crippen molar-refractivity contribution in [3.05, 3.63) is 65.8 Å². The molecular weight excluding hydrogens is 406 g/mol. The van der Waals surface area contributed by atoms with Gasteiger partial charge >= 0.3 is 0 Å². The molecule has 1 fully saturated rings. The van der Waals surface area contributed by atoms with Crippen LogP contribution in [0.25, 0.3) is 16.8 Å². The number of anilines is 1. The fourth-order valence-corrected chi connectivity index (χ4v) is 4.39. The largest absolute Gasteiger partial charge is 0.493 e.